The molecule has 0 unspecified atom stereocenters. The molecule has 4 heterocycles. The summed E-state index contributed by atoms with van der Waals surface area (Å²) in [5, 5.41) is 12.0. The molecule has 10 heteroatoms. The molecule has 5 rings (SSSR count). The Bertz CT molecular complexity index is 1210. The molecule has 3 aromatic rings. The highest BCUT2D eigenvalue weighted by Gasteiger charge is 2.29. The Hall–Kier alpha value is -2.56. The molecule has 0 atom stereocenters. The van der Waals surface area contributed by atoms with Crippen LogP contribution in [-0.4, -0.2) is 48.5 Å². The molecular formula is C22H24N4O4S2. The van der Waals surface area contributed by atoms with Gasteiger partial charge in [-0.1, -0.05) is 0 Å². The van der Waals surface area contributed by atoms with Crippen molar-refractivity contribution in [3.05, 3.63) is 46.5 Å². The van der Waals surface area contributed by atoms with Crippen molar-refractivity contribution >= 4 is 33.0 Å². The number of rotatable bonds is 6. The highest BCUT2D eigenvalue weighted by molar-refractivity contribution is 7.89. The molecule has 0 bridgehead atoms. The Morgan fingerprint density at radius 1 is 1.09 bits per heavy atom. The van der Waals surface area contributed by atoms with Crippen LogP contribution in [0.5, 0.6) is 0 Å². The number of nitrogens with zero attached hydrogens (tertiary/aromatic N) is 4. The van der Waals surface area contributed by atoms with Crippen LogP contribution in [0.2, 0.25) is 0 Å². The molecule has 1 fully saturated rings. The zero-order valence-corrected chi connectivity index (χ0v) is 19.2. The van der Waals surface area contributed by atoms with E-state index in [4.69, 9.17) is 4.42 Å². The number of sulfonamides is 1. The lowest BCUT2D eigenvalue weighted by Gasteiger charge is -2.30. The second-order valence-corrected chi connectivity index (χ2v) is 10.8. The third-order valence-electron chi connectivity index (χ3n) is 5.96. The van der Waals surface area contributed by atoms with Crippen LogP contribution in [0.3, 0.4) is 0 Å². The number of amides is 1. The standard InChI is InChI=1S/C22H24N4O4S2/c27-21(8-7-20-23-24-22(30-20)17-9-13-31-15-17)26-12-3-4-16-14-18(5-6-19(16)26)32(28,29)25-10-1-2-11-25/h5-6,9,13-15H,1-4,7-8,10-12H2. The minimum Gasteiger partial charge on any atom is -0.421 e. The molecule has 1 saturated heterocycles. The monoisotopic (exact) mass is 472 g/mol. The fourth-order valence-electron chi connectivity index (χ4n) is 4.28. The summed E-state index contributed by atoms with van der Waals surface area (Å²) in [7, 11) is -3.47. The second kappa shape index (κ2) is 8.76. The maximum atomic E-state index is 13.0. The van der Waals surface area contributed by atoms with Crippen LogP contribution in [0.4, 0.5) is 5.69 Å². The van der Waals surface area contributed by atoms with Crippen molar-refractivity contribution in [3.8, 4) is 11.5 Å². The van der Waals surface area contributed by atoms with E-state index in [9.17, 15) is 13.2 Å². The molecule has 0 aliphatic carbocycles. The van der Waals surface area contributed by atoms with Crippen LogP contribution in [0.1, 0.15) is 37.1 Å². The lowest BCUT2D eigenvalue weighted by atomic mass is 10.0. The molecule has 2 aliphatic rings. The number of carbonyl (C=O) groups is 1. The maximum absolute atomic E-state index is 13.0. The lowest BCUT2D eigenvalue weighted by molar-refractivity contribution is -0.118. The first-order chi connectivity index (χ1) is 15.5. The number of hydrogen-bond donors (Lipinski definition) is 0. The summed E-state index contributed by atoms with van der Waals surface area (Å²) in [6.07, 6.45) is 3.98. The molecule has 2 aliphatic heterocycles. The average Bonchev–Trinajstić information content (AvgIpc) is 3.58. The van der Waals surface area contributed by atoms with Crippen molar-refractivity contribution in [3.63, 3.8) is 0 Å². The van der Waals surface area contributed by atoms with Gasteiger partial charge in [-0.15, -0.1) is 10.2 Å². The van der Waals surface area contributed by atoms with Crippen molar-refractivity contribution in [1.82, 2.24) is 14.5 Å². The van der Waals surface area contributed by atoms with Crippen molar-refractivity contribution in [2.45, 2.75) is 43.4 Å². The Morgan fingerprint density at radius 2 is 1.94 bits per heavy atom. The number of fused-ring (bicyclic) bond motifs is 1. The second-order valence-electron chi connectivity index (χ2n) is 8.06. The smallest absolute Gasteiger partial charge is 0.248 e. The predicted molar refractivity (Wildman–Crippen MR) is 121 cm³/mol. The molecule has 8 nitrogen and oxygen atoms in total. The zero-order chi connectivity index (χ0) is 22.1. The van der Waals surface area contributed by atoms with Gasteiger partial charge >= 0.3 is 0 Å². The van der Waals surface area contributed by atoms with E-state index in [-0.39, 0.29) is 12.3 Å². The number of aryl methyl sites for hydroxylation is 2. The molecular weight excluding hydrogens is 448 g/mol. The molecule has 0 radical (unpaired) electrons. The molecule has 32 heavy (non-hydrogen) atoms. The minimum atomic E-state index is -3.47. The van der Waals surface area contributed by atoms with Gasteiger partial charge in [-0.2, -0.15) is 15.6 Å². The normalized spacial score (nSPS) is 16.9. The van der Waals surface area contributed by atoms with E-state index in [0.29, 0.717) is 42.7 Å². The van der Waals surface area contributed by atoms with Gasteiger partial charge in [0.05, 0.1) is 4.90 Å². The zero-order valence-electron chi connectivity index (χ0n) is 17.6. The van der Waals surface area contributed by atoms with E-state index in [1.165, 1.54) is 0 Å². The van der Waals surface area contributed by atoms with Crippen molar-refractivity contribution in [1.29, 1.82) is 0 Å². The fourth-order valence-corrected chi connectivity index (χ4v) is 6.47. The Kier molecular flexibility index (Phi) is 5.83. The van der Waals surface area contributed by atoms with Gasteiger partial charge in [0, 0.05) is 49.1 Å². The third-order valence-corrected chi connectivity index (χ3v) is 8.54. The van der Waals surface area contributed by atoms with Crippen LogP contribution in [-0.2, 0) is 27.7 Å². The summed E-state index contributed by atoms with van der Waals surface area (Å²) in [5.74, 6) is 0.865. The van der Waals surface area contributed by atoms with Crippen LogP contribution in [0, 0.1) is 0 Å². The molecule has 0 spiro atoms. The predicted octanol–water partition coefficient (Wildman–Crippen LogP) is 3.49. The highest BCUT2D eigenvalue weighted by Crippen LogP contribution is 2.32. The summed E-state index contributed by atoms with van der Waals surface area (Å²) in [4.78, 5) is 15.0. The summed E-state index contributed by atoms with van der Waals surface area (Å²) >= 11 is 1.55. The summed E-state index contributed by atoms with van der Waals surface area (Å²) in [5.41, 5.74) is 2.58. The van der Waals surface area contributed by atoms with Crippen molar-refractivity contribution < 1.29 is 17.6 Å². The minimum absolute atomic E-state index is 0.0311. The van der Waals surface area contributed by atoms with Gasteiger partial charge in [0.2, 0.25) is 27.7 Å². The maximum Gasteiger partial charge on any atom is 0.248 e. The van der Waals surface area contributed by atoms with Crippen LogP contribution in [0.15, 0.2) is 44.3 Å². The first kappa shape index (κ1) is 21.3. The van der Waals surface area contributed by atoms with E-state index in [0.717, 1.165) is 42.5 Å². The number of hydrogen-bond acceptors (Lipinski definition) is 7. The molecule has 1 aromatic carbocycles. The number of aromatic nitrogens is 2. The van der Waals surface area contributed by atoms with E-state index >= 15 is 0 Å². The molecule has 168 valence electrons. The number of benzene rings is 1. The van der Waals surface area contributed by atoms with Gasteiger partial charge < -0.3 is 9.32 Å². The van der Waals surface area contributed by atoms with Crippen molar-refractivity contribution in [2.24, 2.45) is 0 Å². The van der Waals surface area contributed by atoms with Gasteiger partial charge in [-0.25, -0.2) is 8.42 Å². The first-order valence-electron chi connectivity index (χ1n) is 10.8. The van der Waals surface area contributed by atoms with Crippen LogP contribution >= 0.6 is 11.3 Å². The van der Waals surface area contributed by atoms with Crippen LogP contribution < -0.4 is 4.90 Å². The lowest BCUT2D eigenvalue weighted by Crippen LogP contribution is -2.36. The molecule has 0 N–H and O–H groups in total. The number of carbonyl (C=O) groups excluding carboxylic acids is 1. The molecule has 0 saturated carbocycles. The quantitative estimate of drug-likeness (QED) is 0.545. The van der Waals surface area contributed by atoms with E-state index < -0.39 is 10.0 Å². The van der Waals surface area contributed by atoms with Gasteiger partial charge in [-0.3, -0.25) is 4.79 Å². The Morgan fingerprint density at radius 3 is 2.72 bits per heavy atom. The summed E-state index contributed by atoms with van der Waals surface area (Å²) in [6, 6.07) is 7.06. The first-order valence-corrected chi connectivity index (χ1v) is 13.2. The van der Waals surface area contributed by atoms with Gasteiger partial charge in [0.1, 0.15) is 0 Å². The third kappa shape index (κ3) is 4.10. The summed E-state index contributed by atoms with van der Waals surface area (Å²) in [6.45, 7) is 1.77. The van der Waals surface area contributed by atoms with Crippen LogP contribution in [0.25, 0.3) is 11.5 Å². The van der Waals surface area contributed by atoms with E-state index in [2.05, 4.69) is 10.2 Å². The summed E-state index contributed by atoms with van der Waals surface area (Å²) < 4.78 is 33.0. The SMILES string of the molecule is O=C(CCc1nnc(-c2ccsc2)o1)N1CCCc2cc(S(=O)(=O)N3CCCC3)ccc21. The number of anilines is 1. The topological polar surface area (TPSA) is 96.6 Å². The van der Waals surface area contributed by atoms with E-state index in [1.54, 1.807) is 38.7 Å². The average molecular weight is 473 g/mol. The number of thiophene rings is 1. The van der Waals surface area contributed by atoms with Crippen molar-refractivity contribution in [2.75, 3.05) is 24.5 Å². The van der Waals surface area contributed by atoms with Gasteiger partial charge in [-0.05, 0) is 60.9 Å². The highest BCUT2D eigenvalue weighted by atomic mass is 32.2. The Labute approximate surface area is 190 Å². The largest absolute Gasteiger partial charge is 0.421 e. The Balaban J connectivity index is 1.29. The fraction of sp³-hybridized carbons (Fsp3) is 0.409. The molecule has 1 amide bonds. The van der Waals surface area contributed by atoms with Gasteiger partial charge in [0.25, 0.3) is 0 Å². The molecule has 2 aromatic heterocycles. The van der Waals surface area contributed by atoms with Gasteiger partial charge in [0.15, 0.2) is 0 Å². The van der Waals surface area contributed by atoms with E-state index in [1.807, 2.05) is 16.8 Å².